The number of ether oxygens (including phenoxy) is 1. The maximum Gasteiger partial charge on any atom is 0.221 e. The quantitative estimate of drug-likeness (QED) is 0.751. The summed E-state index contributed by atoms with van der Waals surface area (Å²) in [5, 5.41) is 6.23. The molecule has 0 fully saturated rings. The molecule has 0 aliphatic heterocycles. The van der Waals surface area contributed by atoms with Gasteiger partial charge < -0.3 is 15.4 Å². The van der Waals surface area contributed by atoms with E-state index in [0.29, 0.717) is 13.0 Å². The van der Waals surface area contributed by atoms with Crippen LogP contribution in [0.25, 0.3) is 0 Å². The Bertz CT molecular complexity index is 425. The lowest BCUT2D eigenvalue weighted by Crippen LogP contribution is -2.41. The van der Waals surface area contributed by atoms with E-state index in [0.717, 1.165) is 18.7 Å². The SMILES string of the molecule is COc1cccc(CCNCCC(=O)NC(C)(C)C)c1. The molecule has 1 aromatic carbocycles. The molecule has 0 atom stereocenters. The Morgan fingerprint density at radius 2 is 2.00 bits per heavy atom. The van der Waals surface area contributed by atoms with Gasteiger partial charge in [0.15, 0.2) is 0 Å². The highest BCUT2D eigenvalue weighted by molar-refractivity contribution is 5.76. The van der Waals surface area contributed by atoms with Crippen molar-refractivity contribution in [2.24, 2.45) is 0 Å². The monoisotopic (exact) mass is 278 g/mol. The molecule has 0 aliphatic carbocycles. The third kappa shape index (κ3) is 7.14. The van der Waals surface area contributed by atoms with Gasteiger partial charge in [0.1, 0.15) is 5.75 Å². The van der Waals surface area contributed by atoms with Crippen LogP contribution in [0.1, 0.15) is 32.8 Å². The maximum absolute atomic E-state index is 11.6. The van der Waals surface area contributed by atoms with Gasteiger partial charge in [-0.25, -0.2) is 0 Å². The number of benzene rings is 1. The predicted octanol–water partition coefficient (Wildman–Crippen LogP) is 2.13. The summed E-state index contributed by atoms with van der Waals surface area (Å²) < 4.78 is 5.19. The first kappa shape index (κ1) is 16.5. The second-order valence-corrected chi connectivity index (χ2v) is 5.90. The van der Waals surface area contributed by atoms with E-state index in [1.807, 2.05) is 39.0 Å². The number of methoxy groups -OCH3 is 1. The average Bonchev–Trinajstić information content (AvgIpc) is 2.36. The first-order valence-corrected chi connectivity index (χ1v) is 7.05. The summed E-state index contributed by atoms with van der Waals surface area (Å²) in [6.07, 6.45) is 1.44. The number of amides is 1. The van der Waals surface area contributed by atoms with Crippen molar-refractivity contribution in [3.8, 4) is 5.75 Å². The molecule has 2 N–H and O–H groups in total. The van der Waals surface area contributed by atoms with Crippen LogP contribution in [-0.2, 0) is 11.2 Å². The van der Waals surface area contributed by atoms with Crippen LogP contribution in [0.15, 0.2) is 24.3 Å². The molecule has 112 valence electrons. The molecule has 0 unspecified atom stereocenters. The van der Waals surface area contributed by atoms with Gasteiger partial charge in [0.05, 0.1) is 7.11 Å². The van der Waals surface area contributed by atoms with Crippen LogP contribution in [0, 0.1) is 0 Å². The average molecular weight is 278 g/mol. The van der Waals surface area contributed by atoms with Gasteiger partial charge in [0.2, 0.25) is 5.91 Å². The minimum Gasteiger partial charge on any atom is -0.497 e. The van der Waals surface area contributed by atoms with E-state index in [1.54, 1.807) is 7.11 Å². The van der Waals surface area contributed by atoms with E-state index in [4.69, 9.17) is 4.74 Å². The van der Waals surface area contributed by atoms with Gasteiger partial charge in [-0.1, -0.05) is 12.1 Å². The maximum atomic E-state index is 11.6. The Hall–Kier alpha value is -1.55. The molecule has 1 aromatic rings. The molecular weight excluding hydrogens is 252 g/mol. The van der Waals surface area contributed by atoms with Crippen LogP contribution in [0.5, 0.6) is 5.75 Å². The Morgan fingerprint density at radius 1 is 1.25 bits per heavy atom. The number of carbonyl (C=O) groups is 1. The first-order chi connectivity index (χ1) is 9.40. The largest absolute Gasteiger partial charge is 0.497 e. The zero-order chi connectivity index (χ0) is 15.0. The van der Waals surface area contributed by atoms with Crippen LogP contribution in [0.4, 0.5) is 0 Å². The Morgan fingerprint density at radius 3 is 2.65 bits per heavy atom. The van der Waals surface area contributed by atoms with Gasteiger partial charge in [0.25, 0.3) is 0 Å². The van der Waals surface area contributed by atoms with E-state index < -0.39 is 0 Å². The summed E-state index contributed by atoms with van der Waals surface area (Å²) in [5.41, 5.74) is 1.08. The van der Waals surface area contributed by atoms with E-state index >= 15 is 0 Å². The molecule has 0 aliphatic rings. The van der Waals surface area contributed by atoms with E-state index in [-0.39, 0.29) is 11.4 Å². The van der Waals surface area contributed by atoms with Crippen molar-refractivity contribution in [3.63, 3.8) is 0 Å². The number of hydrogen-bond donors (Lipinski definition) is 2. The van der Waals surface area contributed by atoms with Crippen molar-refractivity contribution in [2.45, 2.75) is 39.2 Å². The van der Waals surface area contributed by atoms with Gasteiger partial charge in [0, 0.05) is 18.5 Å². The summed E-state index contributed by atoms with van der Waals surface area (Å²) in [4.78, 5) is 11.6. The molecule has 1 rings (SSSR count). The predicted molar refractivity (Wildman–Crippen MR) is 82.1 cm³/mol. The zero-order valence-corrected chi connectivity index (χ0v) is 13.0. The summed E-state index contributed by atoms with van der Waals surface area (Å²) in [6.45, 7) is 7.52. The molecule has 0 heterocycles. The van der Waals surface area contributed by atoms with Crippen LogP contribution in [0.2, 0.25) is 0 Å². The number of nitrogens with one attached hydrogen (secondary N) is 2. The molecule has 0 saturated carbocycles. The highest BCUT2D eigenvalue weighted by Gasteiger charge is 2.12. The second kappa shape index (κ2) is 7.90. The lowest BCUT2D eigenvalue weighted by atomic mass is 10.1. The first-order valence-electron chi connectivity index (χ1n) is 7.05. The molecule has 0 bridgehead atoms. The van der Waals surface area contributed by atoms with Crippen LogP contribution < -0.4 is 15.4 Å². The topological polar surface area (TPSA) is 50.4 Å². The fourth-order valence-corrected chi connectivity index (χ4v) is 1.87. The van der Waals surface area contributed by atoms with Crippen molar-refractivity contribution in [2.75, 3.05) is 20.2 Å². The highest BCUT2D eigenvalue weighted by atomic mass is 16.5. The zero-order valence-electron chi connectivity index (χ0n) is 13.0. The normalized spacial score (nSPS) is 11.2. The summed E-state index contributed by atoms with van der Waals surface area (Å²) in [5.74, 6) is 0.971. The summed E-state index contributed by atoms with van der Waals surface area (Å²) in [6, 6.07) is 8.04. The molecule has 4 heteroatoms. The number of carbonyl (C=O) groups excluding carboxylic acids is 1. The van der Waals surface area contributed by atoms with Crippen molar-refractivity contribution < 1.29 is 9.53 Å². The fourth-order valence-electron chi connectivity index (χ4n) is 1.87. The number of rotatable bonds is 7. The molecule has 0 aromatic heterocycles. The Kier molecular flexibility index (Phi) is 6.52. The molecule has 4 nitrogen and oxygen atoms in total. The molecule has 0 radical (unpaired) electrons. The molecular formula is C16H26N2O2. The van der Waals surface area contributed by atoms with Gasteiger partial charge >= 0.3 is 0 Å². The van der Waals surface area contributed by atoms with Crippen LogP contribution in [0.3, 0.4) is 0 Å². The number of hydrogen-bond acceptors (Lipinski definition) is 3. The van der Waals surface area contributed by atoms with Gasteiger partial charge in [-0.3, -0.25) is 4.79 Å². The molecule has 0 saturated heterocycles. The van der Waals surface area contributed by atoms with E-state index in [2.05, 4.69) is 16.7 Å². The van der Waals surface area contributed by atoms with Gasteiger partial charge in [-0.05, 0) is 51.4 Å². The van der Waals surface area contributed by atoms with Gasteiger partial charge in [-0.15, -0.1) is 0 Å². The third-order valence-electron chi connectivity index (χ3n) is 2.77. The lowest BCUT2D eigenvalue weighted by Gasteiger charge is -2.20. The van der Waals surface area contributed by atoms with Crippen molar-refractivity contribution >= 4 is 5.91 Å². The van der Waals surface area contributed by atoms with Gasteiger partial charge in [-0.2, -0.15) is 0 Å². The minimum absolute atomic E-state index is 0.0892. The van der Waals surface area contributed by atoms with E-state index in [1.165, 1.54) is 5.56 Å². The summed E-state index contributed by atoms with van der Waals surface area (Å²) in [7, 11) is 1.67. The molecule has 20 heavy (non-hydrogen) atoms. The van der Waals surface area contributed by atoms with Crippen molar-refractivity contribution in [3.05, 3.63) is 29.8 Å². The standard InChI is InChI=1S/C16H26N2O2/c1-16(2,3)18-15(19)9-11-17-10-8-13-6-5-7-14(12-13)20-4/h5-7,12,17H,8-11H2,1-4H3,(H,18,19). The Labute approximate surface area is 121 Å². The molecule has 1 amide bonds. The minimum atomic E-state index is -0.155. The third-order valence-corrected chi connectivity index (χ3v) is 2.77. The lowest BCUT2D eigenvalue weighted by molar-refractivity contribution is -0.122. The highest BCUT2D eigenvalue weighted by Crippen LogP contribution is 2.12. The smallest absolute Gasteiger partial charge is 0.221 e. The Balaban J connectivity index is 2.17. The summed E-state index contributed by atoms with van der Waals surface area (Å²) >= 11 is 0. The fraction of sp³-hybridized carbons (Fsp3) is 0.562. The van der Waals surface area contributed by atoms with Crippen molar-refractivity contribution in [1.82, 2.24) is 10.6 Å². The van der Waals surface area contributed by atoms with Crippen LogP contribution >= 0.6 is 0 Å². The van der Waals surface area contributed by atoms with Crippen LogP contribution in [-0.4, -0.2) is 31.6 Å². The second-order valence-electron chi connectivity index (χ2n) is 5.90. The molecule has 0 spiro atoms. The van der Waals surface area contributed by atoms with E-state index in [9.17, 15) is 4.79 Å². The van der Waals surface area contributed by atoms with Crippen molar-refractivity contribution in [1.29, 1.82) is 0 Å².